The molecule has 0 unspecified atom stereocenters. The fourth-order valence-corrected chi connectivity index (χ4v) is 0. The van der Waals surface area contributed by atoms with Crippen molar-refractivity contribution in [2.45, 2.75) is 13.8 Å². The van der Waals surface area contributed by atoms with Crippen molar-refractivity contribution < 1.29 is 19.8 Å². The zero-order valence-corrected chi connectivity index (χ0v) is 8.13. The Morgan fingerprint density at radius 3 is 1.00 bits per heavy atom. The normalized spacial score (nSPS) is 6.92. The second kappa shape index (κ2) is 8.52. The summed E-state index contributed by atoms with van der Waals surface area (Å²) in [6, 6.07) is 0. The topological polar surface area (TPSA) is 74.6 Å². The van der Waals surface area contributed by atoms with Crippen molar-refractivity contribution in [2.24, 2.45) is 0 Å². The van der Waals surface area contributed by atoms with Crippen LogP contribution in [-0.2, 0) is 9.59 Å². The van der Waals surface area contributed by atoms with Gasteiger partial charge in [-0.15, -0.1) is 0 Å². The molecule has 0 aliphatic carbocycles. The predicted molar refractivity (Wildman–Crippen MR) is 51.3 cm³/mol. The quantitative estimate of drug-likeness (QED) is 0.646. The summed E-state index contributed by atoms with van der Waals surface area (Å²) in [5, 5.41) is 15.8. The zero-order chi connectivity index (χ0) is 10.3. The third-order valence-corrected chi connectivity index (χ3v) is 0.730. The van der Waals surface area contributed by atoms with E-state index in [0.717, 1.165) is 0 Å². The van der Waals surface area contributed by atoms with Gasteiger partial charge < -0.3 is 10.2 Å². The molecule has 2 N–H and O–H groups in total. The second-order valence-corrected chi connectivity index (χ2v) is 2.17. The van der Waals surface area contributed by atoms with E-state index in [-0.39, 0.29) is 18.6 Å². The van der Waals surface area contributed by atoms with Gasteiger partial charge in [0, 0.05) is 11.1 Å². The summed E-state index contributed by atoms with van der Waals surface area (Å²) in [4.78, 5) is 19.2. The molecule has 0 atom stereocenters. The smallest absolute Gasteiger partial charge is 0.330 e. The third kappa shape index (κ3) is 17.9. The SMILES string of the molecule is C=C(C)C(=O)O.C=C(C)C(=O)O.[CH3]. The lowest BCUT2D eigenvalue weighted by atomic mass is 10.4. The first kappa shape index (κ1) is 17.5. The standard InChI is InChI=1S/2C4H6O2.CH3/c2*1-3(2)4(5)6;/h2*1H2,2H3,(H,5,6);1H3. The Hall–Kier alpha value is -1.58. The number of hydrogen-bond donors (Lipinski definition) is 2. The van der Waals surface area contributed by atoms with E-state index in [2.05, 4.69) is 13.2 Å². The van der Waals surface area contributed by atoms with Gasteiger partial charge in [-0.25, -0.2) is 9.59 Å². The molecule has 0 aromatic heterocycles. The van der Waals surface area contributed by atoms with Crippen LogP contribution >= 0.6 is 0 Å². The first-order valence-electron chi connectivity index (χ1n) is 3.06. The maximum Gasteiger partial charge on any atom is 0.330 e. The number of hydrogen-bond acceptors (Lipinski definition) is 2. The minimum atomic E-state index is -0.935. The molecule has 13 heavy (non-hydrogen) atoms. The molecule has 0 saturated heterocycles. The Bertz CT molecular complexity index is 168. The van der Waals surface area contributed by atoms with Gasteiger partial charge in [0.15, 0.2) is 0 Å². The molecule has 0 aromatic carbocycles. The van der Waals surface area contributed by atoms with Gasteiger partial charge in [0.1, 0.15) is 0 Å². The van der Waals surface area contributed by atoms with Crippen LogP contribution < -0.4 is 0 Å². The van der Waals surface area contributed by atoms with Crippen LogP contribution in [0.4, 0.5) is 0 Å². The molecule has 0 amide bonds. The van der Waals surface area contributed by atoms with Gasteiger partial charge in [-0.05, 0) is 13.8 Å². The Labute approximate surface area is 78.2 Å². The van der Waals surface area contributed by atoms with E-state index in [4.69, 9.17) is 10.2 Å². The minimum absolute atomic E-state index is 0. The number of rotatable bonds is 2. The lowest BCUT2D eigenvalue weighted by molar-refractivity contribution is -0.133. The van der Waals surface area contributed by atoms with Crippen LogP contribution in [0.25, 0.3) is 0 Å². The number of carboxylic acids is 2. The predicted octanol–water partition coefficient (Wildman–Crippen LogP) is 1.74. The molecule has 0 heterocycles. The molecule has 0 fully saturated rings. The van der Waals surface area contributed by atoms with Crippen LogP contribution in [0.1, 0.15) is 13.8 Å². The molecular weight excluding hydrogens is 172 g/mol. The first-order chi connectivity index (χ1) is 5.29. The number of aliphatic carboxylic acids is 2. The van der Waals surface area contributed by atoms with Gasteiger partial charge in [0.25, 0.3) is 0 Å². The van der Waals surface area contributed by atoms with Crippen LogP contribution in [0.15, 0.2) is 24.3 Å². The van der Waals surface area contributed by atoms with Crippen molar-refractivity contribution in [3.8, 4) is 0 Å². The van der Waals surface area contributed by atoms with Gasteiger partial charge >= 0.3 is 11.9 Å². The number of carboxylic acid groups (broad SMARTS) is 2. The molecule has 4 nitrogen and oxygen atoms in total. The summed E-state index contributed by atoms with van der Waals surface area (Å²) in [7, 11) is 0. The van der Waals surface area contributed by atoms with Gasteiger partial charge in [0.05, 0.1) is 0 Å². The van der Waals surface area contributed by atoms with E-state index in [1.807, 2.05) is 0 Å². The molecular formula is C9H15O4. The largest absolute Gasteiger partial charge is 0.478 e. The summed E-state index contributed by atoms with van der Waals surface area (Å²) in [6.07, 6.45) is 0. The first-order valence-corrected chi connectivity index (χ1v) is 3.06. The van der Waals surface area contributed by atoms with Crippen LogP contribution in [0, 0.1) is 7.43 Å². The van der Waals surface area contributed by atoms with Crippen LogP contribution in [0.2, 0.25) is 0 Å². The highest BCUT2D eigenvalue weighted by molar-refractivity contribution is 5.85. The molecule has 1 radical (unpaired) electrons. The molecule has 0 aromatic rings. The van der Waals surface area contributed by atoms with Crippen molar-refractivity contribution in [1.82, 2.24) is 0 Å². The Morgan fingerprint density at radius 2 is 1.00 bits per heavy atom. The van der Waals surface area contributed by atoms with Gasteiger partial charge in [-0.1, -0.05) is 20.6 Å². The Kier molecular flexibility index (Phi) is 11.5. The maximum atomic E-state index is 9.60. The third-order valence-electron chi connectivity index (χ3n) is 0.730. The fourth-order valence-electron chi connectivity index (χ4n) is 0. The Balaban J connectivity index is -0.000000143. The zero-order valence-electron chi connectivity index (χ0n) is 8.13. The van der Waals surface area contributed by atoms with Crippen LogP contribution in [0.5, 0.6) is 0 Å². The molecule has 0 spiro atoms. The van der Waals surface area contributed by atoms with Crippen molar-refractivity contribution in [3.05, 3.63) is 31.7 Å². The second-order valence-electron chi connectivity index (χ2n) is 2.17. The molecule has 0 saturated carbocycles. The Morgan fingerprint density at radius 1 is 0.923 bits per heavy atom. The highest BCUT2D eigenvalue weighted by atomic mass is 16.4. The lowest BCUT2D eigenvalue weighted by Gasteiger charge is -1.79. The van der Waals surface area contributed by atoms with E-state index in [9.17, 15) is 9.59 Å². The summed E-state index contributed by atoms with van der Waals surface area (Å²) in [5.74, 6) is -1.87. The van der Waals surface area contributed by atoms with E-state index >= 15 is 0 Å². The molecule has 0 aliphatic rings. The van der Waals surface area contributed by atoms with Crippen molar-refractivity contribution >= 4 is 11.9 Å². The highest BCUT2D eigenvalue weighted by Crippen LogP contribution is 1.81. The monoisotopic (exact) mass is 187 g/mol. The lowest BCUT2D eigenvalue weighted by Crippen LogP contribution is -1.92. The highest BCUT2D eigenvalue weighted by Gasteiger charge is 1.90. The average molecular weight is 187 g/mol. The summed E-state index contributed by atoms with van der Waals surface area (Å²) in [6.45, 7) is 9.20. The van der Waals surface area contributed by atoms with Crippen LogP contribution in [0.3, 0.4) is 0 Å². The van der Waals surface area contributed by atoms with Crippen molar-refractivity contribution in [3.63, 3.8) is 0 Å². The minimum Gasteiger partial charge on any atom is -0.478 e. The van der Waals surface area contributed by atoms with Gasteiger partial charge in [0.2, 0.25) is 0 Å². The summed E-state index contributed by atoms with van der Waals surface area (Å²) >= 11 is 0. The van der Waals surface area contributed by atoms with Gasteiger partial charge in [-0.2, -0.15) is 0 Å². The van der Waals surface area contributed by atoms with Crippen molar-refractivity contribution in [1.29, 1.82) is 0 Å². The van der Waals surface area contributed by atoms with E-state index < -0.39 is 11.9 Å². The maximum absolute atomic E-state index is 9.60. The summed E-state index contributed by atoms with van der Waals surface area (Å²) < 4.78 is 0. The summed E-state index contributed by atoms with van der Waals surface area (Å²) in [5.41, 5.74) is 0.352. The molecule has 0 rings (SSSR count). The number of carbonyl (C=O) groups is 2. The molecule has 0 bridgehead atoms. The average Bonchev–Trinajstić information content (AvgIpc) is 1.88. The van der Waals surface area contributed by atoms with E-state index in [1.165, 1.54) is 13.8 Å². The molecule has 75 valence electrons. The van der Waals surface area contributed by atoms with Crippen LogP contribution in [-0.4, -0.2) is 22.2 Å². The van der Waals surface area contributed by atoms with Gasteiger partial charge in [-0.3, -0.25) is 0 Å². The van der Waals surface area contributed by atoms with E-state index in [0.29, 0.717) is 0 Å². The van der Waals surface area contributed by atoms with E-state index in [1.54, 1.807) is 0 Å². The fraction of sp³-hybridized carbons (Fsp3) is 0.222. The molecule has 0 aliphatic heterocycles. The molecule has 4 heteroatoms. The van der Waals surface area contributed by atoms with Crippen molar-refractivity contribution in [2.75, 3.05) is 0 Å².